The van der Waals surface area contributed by atoms with Crippen LogP contribution in [0.25, 0.3) is 0 Å². The van der Waals surface area contributed by atoms with Crippen LogP contribution in [0.15, 0.2) is 29.2 Å². The molecule has 3 rings (SSSR count). The summed E-state index contributed by atoms with van der Waals surface area (Å²) in [6, 6.07) is 7.50. The van der Waals surface area contributed by atoms with E-state index in [1.165, 1.54) is 11.8 Å². The maximum absolute atomic E-state index is 5.13. The van der Waals surface area contributed by atoms with Gasteiger partial charge in [0.1, 0.15) is 0 Å². The predicted molar refractivity (Wildman–Crippen MR) is 67.1 cm³/mol. The van der Waals surface area contributed by atoms with Crippen molar-refractivity contribution in [3.05, 3.63) is 29.8 Å². The summed E-state index contributed by atoms with van der Waals surface area (Å²) in [5.41, 5.74) is 0.877. The predicted octanol–water partition coefficient (Wildman–Crippen LogP) is 3.76. The minimum atomic E-state index is 0.877. The molecular formula is C14H16S. The van der Waals surface area contributed by atoms with Crippen molar-refractivity contribution in [1.82, 2.24) is 0 Å². The molecule has 0 bridgehead atoms. The Bertz CT molecular complexity index is 357. The zero-order valence-corrected chi connectivity index (χ0v) is 9.71. The molecule has 2 aliphatic rings. The lowest BCUT2D eigenvalue weighted by atomic mass is 9.60. The van der Waals surface area contributed by atoms with Crippen molar-refractivity contribution in [2.45, 2.75) is 30.6 Å². The van der Waals surface area contributed by atoms with E-state index in [1.54, 1.807) is 25.7 Å². The maximum Gasteiger partial charge on any atom is 0.0253 e. The van der Waals surface area contributed by atoms with E-state index in [-0.39, 0.29) is 0 Å². The van der Waals surface area contributed by atoms with Gasteiger partial charge in [-0.25, -0.2) is 0 Å². The van der Waals surface area contributed by atoms with E-state index in [2.05, 4.69) is 18.5 Å². The van der Waals surface area contributed by atoms with Gasteiger partial charge in [-0.05, 0) is 55.7 Å². The molecule has 1 aromatic carbocycles. The Morgan fingerprint density at radius 3 is 2.00 bits per heavy atom. The molecule has 0 spiro atoms. The highest BCUT2D eigenvalue weighted by Crippen LogP contribution is 2.49. The molecule has 0 N–H and O–H groups in total. The fourth-order valence-electron chi connectivity index (χ4n) is 2.16. The van der Waals surface area contributed by atoms with Gasteiger partial charge in [0, 0.05) is 10.5 Å². The average molecular weight is 216 g/mol. The molecule has 0 nitrogen and oxygen atoms in total. The third kappa shape index (κ3) is 2.58. The smallest absolute Gasteiger partial charge is 0.0253 e. The largest absolute Gasteiger partial charge is 0.143 e. The molecule has 0 aliphatic heterocycles. The molecule has 2 aliphatic carbocycles. The number of fused-ring (bicyclic) bond motifs is 1. The van der Waals surface area contributed by atoms with Crippen molar-refractivity contribution >= 4 is 12.6 Å². The number of terminal acetylenes is 1. The van der Waals surface area contributed by atoms with Crippen molar-refractivity contribution in [3.63, 3.8) is 0 Å². The van der Waals surface area contributed by atoms with E-state index in [1.807, 2.05) is 24.3 Å². The van der Waals surface area contributed by atoms with Gasteiger partial charge in [-0.1, -0.05) is 12.0 Å². The van der Waals surface area contributed by atoms with Gasteiger partial charge in [-0.2, -0.15) is 0 Å². The number of thiol groups is 1. The molecule has 78 valence electrons. The zero-order valence-electron chi connectivity index (χ0n) is 8.82. The van der Waals surface area contributed by atoms with Crippen LogP contribution < -0.4 is 0 Å². The highest BCUT2D eigenvalue weighted by Gasteiger charge is 2.37. The van der Waals surface area contributed by atoms with Gasteiger partial charge in [0.25, 0.3) is 0 Å². The first-order valence-electron chi connectivity index (χ1n) is 5.55. The molecule has 1 heteroatoms. The molecule has 0 unspecified atom stereocenters. The molecule has 0 saturated heterocycles. The summed E-state index contributed by atoms with van der Waals surface area (Å²) in [5.74, 6) is 4.94. The first-order valence-corrected chi connectivity index (χ1v) is 6.00. The topological polar surface area (TPSA) is 0 Å². The molecule has 1 aromatic rings. The van der Waals surface area contributed by atoms with Crippen LogP contribution in [0.5, 0.6) is 0 Å². The Morgan fingerprint density at radius 1 is 1.13 bits per heavy atom. The molecule has 0 radical (unpaired) electrons. The van der Waals surface area contributed by atoms with Gasteiger partial charge in [0.15, 0.2) is 0 Å². The summed E-state index contributed by atoms with van der Waals surface area (Å²) in [7, 11) is 0. The number of rotatable bonds is 0. The van der Waals surface area contributed by atoms with Crippen molar-refractivity contribution < 1.29 is 0 Å². The van der Waals surface area contributed by atoms with Crippen molar-refractivity contribution in [2.24, 2.45) is 11.8 Å². The molecular weight excluding hydrogens is 200 g/mol. The molecule has 2 saturated carbocycles. The minimum absolute atomic E-state index is 0.877. The van der Waals surface area contributed by atoms with Gasteiger partial charge in [0.05, 0.1) is 0 Å². The zero-order chi connectivity index (χ0) is 10.7. The summed E-state index contributed by atoms with van der Waals surface area (Å²) in [6.07, 6.45) is 11.4. The van der Waals surface area contributed by atoms with Crippen molar-refractivity contribution in [3.8, 4) is 12.3 Å². The lowest BCUT2D eigenvalue weighted by molar-refractivity contribution is 0.0548. The monoisotopic (exact) mass is 216 g/mol. The van der Waals surface area contributed by atoms with E-state index < -0.39 is 0 Å². The van der Waals surface area contributed by atoms with E-state index in [9.17, 15) is 0 Å². The van der Waals surface area contributed by atoms with E-state index >= 15 is 0 Å². The summed E-state index contributed by atoms with van der Waals surface area (Å²) in [5, 5.41) is 0. The second kappa shape index (κ2) is 4.77. The number of hydrogen-bond acceptors (Lipinski definition) is 1. The van der Waals surface area contributed by atoms with E-state index in [4.69, 9.17) is 6.42 Å². The van der Waals surface area contributed by atoms with Crippen LogP contribution in [0.1, 0.15) is 31.2 Å². The Kier molecular flexibility index (Phi) is 3.38. The highest BCUT2D eigenvalue weighted by atomic mass is 32.1. The standard InChI is InChI=1S/C8H6S.C6H10/c1-2-7-4-3-5-8(9)6-7;1-2-6-4-3-5(1)6/h1,3-6,9H;5-6H,1-4H2. The fraction of sp³-hybridized carbons (Fsp3) is 0.429. The summed E-state index contributed by atoms with van der Waals surface area (Å²) in [4.78, 5) is 0.908. The first kappa shape index (κ1) is 10.6. The van der Waals surface area contributed by atoms with Gasteiger partial charge in [-0.15, -0.1) is 19.1 Å². The lowest BCUT2D eigenvalue weighted by Gasteiger charge is -2.46. The first-order chi connectivity index (χ1) is 7.29. The quantitative estimate of drug-likeness (QED) is 0.495. The van der Waals surface area contributed by atoms with Crippen molar-refractivity contribution in [1.29, 1.82) is 0 Å². The second-order valence-electron chi connectivity index (χ2n) is 4.37. The van der Waals surface area contributed by atoms with Crippen LogP contribution in [-0.2, 0) is 0 Å². The highest BCUT2D eigenvalue weighted by molar-refractivity contribution is 7.80. The Balaban J connectivity index is 0.000000121. The lowest BCUT2D eigenvalue weighted by Crippen LogP contribution is -2.34. The third-order valence-electron chi connectivity index (χ3n) is 3.50. The van der Waals surface area contributed by atoms with Gasteiger partial charge in [0.2, 0.25) is 0 Å². The SMILES string of the molecule is C#Cc1cccc(S)c1.C1CC2CCC12. The molecule has 0 heterocycles. The van der Waals surface area contributed by atoms with Gasteiger partial charge < -0.3 is 0 Å². The summed E-state index contributed by atoms with van der Waals surface area (Å²) in [6.45, 7) is 0. The van der Waals surface area contributed by atoms with Crippen LogP contribution in [0.4, 0.5) is 0 Å². The Morgan fingerprint density at radius 2 is 1.73 bits per heavy atom. The fourth-order valence-corrected chi connectivity index (χ4v) is 2.39. The average Bonchev–Trinajstić information content (AvgIpc) is 2.24. The Labute approximate surface area is 97.5 Å². The number of benzene rings is 1. The Hall–Kier alpha value is -0.870. The van der Waals surface area contributed by atoms with Crippen LogP contribution >= 0.6 is 12.6 Å². The van der Waals surface area contributed by atoms with Crippen LogP contribution in [-0.4, -0.2) is 0 Å². The molecule has 0 atom stereocenters. The molecule has 0 amide bonds. The molecule has 0 aromatic heterocycles. The minimum Gasteiger partial charge on any atom is -0.143 e. The summed E-state index contributed by atoms with van der Waals surface area (Å²) < 4.78 is 0. The van der Waals surface area contributed by atoms with Gasteiger partial charge in [-0.3, -0.25) is 0 Å². The molecule has 15 heavy (non-hydrogen) atoms. The second-order valence-corrected chi connectivity index (χ2v) is 4.89. The van der Waals surface area contributed by atoms with E-state index in [0.717, 1.165) is 10.5 Å². The molecule has 2 fully saturated rings. The third-order valence-corrected chi connectivity index (χ3v) is 3.77. The van der Waals surface area contributed by atoms with E-state index in [0.29, 0.717) is 0 Å². The maximum atomic E-state index is 5.13. The number of hydrogen-bond donors (Lipinski definition) is 1. The normalized spacial score (nSPS) is 25.9. The van der Waals surface area contributed by atoms with Gasteiger partial charge >= 0.3 is 0 Å². The van der Waals surface area contributed by atoms with Crippen molar-refractivity contribution in [2.75, 3.05) is 0 Å². The van der Waals surface area contributed by atoms with Crippen LogP contribution in [0.3, 0.4) is 0 Å². The van der Waals surface area contributed by atoms with Crippen LogP contribution in [0, 0.1) is 24.2 Å². The van der Waals surface area contributed by atoms with Crippen LogP contribution in [0.2, 0.25) is 0 Å². The summed E-state index contributed by atoms with van der Waals surface area (Å²) >= 11 is 4.11.